The van der Waals surface area contributed by atoms with Crippen molar-refractivity contribution in [2.75, 3.05) is 20.2 Å². The van der Waals surface area contributed by atoms with E-state index >= 15 is 0 Å². The second-order valence-corrected chi connectivity index (χ2v) is 10.1. The number of benzene rings is 2. The van der Waals surface area contributed by atoms with Crippen molar-refractivity contribution in [2.45, 2.75) is 25.3 Å². The van der Waals surface area contributed by atoms with Crippen LogP contribution in [0, 0.1) is 13.8 Å². The van der Waals surface area contributed by atoms with Crippen LogP contribution in [0.3, 0.4) is 0 Å². The van der Waals surface area contributed by atoms with Crippen LogP contribution in [0.25, 0.3) is 0 Å². The van der Waals surface area contributed by atoms with Crippen molar-refractivity contribution >= 4 is 27.3 Å². The van der Waals surface area contributed by atoms with Crippen LogP contribution in [0.2, 0.25) is 0 Å². The van der Waals surface area contributed by atoms with E-state index in [9.17, 15) is 13.2 Å². The van der Waals surface area contributed by atoms with E-state index in [-0.39, 0.29) is 17.3 Å². The van der Waals surface area contributed by atoms with E-state index in [4.69, 9.17) is 4.74 Å². The molecule has 164 valence electrons. The van der Waals surface area contributed by atoms with Crippen molar-refractivity contribution in [3.8, 4) is 5.75 Å². The van der Waals surface area contributed by atoms with Crippen molar-refractivity contribution < 1.29 is 17.9 Å². The van der Waals surface area contributed by atoms with E-state index in [0.717, 1.165) is 21.8 Å². The van der Waals surface area contributed by atoms with E-state index in [1.54, 1.807) is 19.2 Å². The van der Waals surface area contributed by atoms with Gasteiger partial charge in [-0.15, -0.1) is 11.3 Å². The standard InChI is InChI=1S/C23H26N2O4S2/c1-17-12-18(2)14-20(13-17)29-10-9-25(3)23(26)19-6-4-8-22(15-19)31(27,28)24-16-21-7-5-11-30-21/h4-8,11-15,24H,9-10,16H2,1-3H3. The molecule has 8 heteroatoms. The number of amides is 1. The second kappa shape index (κ2) is 10.1. The Morgan fingerprint density at radius 1 is 1.06 bits per heavy atom. The number of nitrogens with zero attached hydrogens (tertiary/aromatic N) is 1. The topological polar surface area (TPSA) is 75.7 Å². The SMILES string of the molecule is Cc1cc(C)cc(OCCN(C)C(=O)c2cccc(S(=O)(=O)NCc3cccs3)c2)c1. The van der Waals surface area contributed by atoms with Gasteiger partial charge in [-0.1, -0.05) is 18.2 Å². The lowest BCUT2D eigenvalue weighted by molar-refractivity contribution is 0.0773. The highest BCUT2D eigenvalue weighted by Gasteiger charge is 2.18. The molecule has 1 N–H and O–H groups in total. The van der Waals surface area contributed by atoms with Crippen LogP contribution < -0.4 is 9.46 Å². The first-order valence-corrected chi connectivity index (χ1v) is 12.2. The Morgan fingerprint density at radius 3 is 2.48 bits per heavy atom. The summed E-state index contributed by atoms with van der Waals surface area (Å²) in [5, 5.41) is 1.89. The molecule has 0 saturated carbocycles. The number of thiophene rings is 1. The van der Waals surface area contributed by atoms with Gasteiger partial charge < -0.3 is 9.64 Å². The summed E-state index contributed by atoms with van der Waals surface area (Å²) >= 11 is 1.48. The molecule has 0 bridgehead atoms. The largest absolute Gasteiger partial charge is 0.492 e. The molecule has 3 aromatic rings. The Morgan fingerprint density at radius 2 is 1.81 bits per heavy atom. The summed E-state index contributed by atoms with van der Waals surface area (Å²) in [5.41, 5.74) is 2.54. The number of nitrogens with one attached hydrogen (secondary N) is 1. The summed E-state index contributed by atoms with van der Waals surface area (Å²) in [6.45, 7) is 4.94. The van der Waals surface area contributed by atoms with Crippen LogP contribution in [0.1, 0.15) is 26.4 Å². The molecule has 3 rings (SSSR count). The van der Waals surface area contributed by atoms with E-state index < -0.39 is 10.0 Å². The summed E-state index contributed by atoms with van der Waals surface area (Å²) in [6.07, 6.45) is 0. The monoisotopic (exact) mass is 458 g/mol. The van der Waals surface area contributed by atoms with Gasteiger partial charge in [0.25, 0.3) is 5.91 Å². The molecule has 2 aromatic carbocycles. The van der Waals surface area contributed by atoms with Crippen LogP contribution in [-0.4, -0.2) is 39.4 Å². The maximum absolute atomic E-state index is 12.8. The van der Waals surface area contributed by atoms with Crippen LogP contribution >= 0.6 is 11.3 Å². The van der Waals surface area contributed by atoms with Crippen LogP contribution in [-0.2, 0) is 16.6 Å². The zero-order chi connectivity index (χ0) is 22.4. The third-order valence-corrected chi connectivity index (χ3v) is 6.92. The quantitative estimate of drug-likeness (QED) is 0.526. The van der Waals surface area contributed by atoms with Gasteiger partial charge in [-0.3, -0.25) is 4.79 Å². The molecule has 6 nitrogen and oxygen atoms in total. The average molecular weight is 459 g/mol. The van der Waals surface area contributed by atoms with Gasteiger partial charge in [-0.25, -0.2) is 13.1 Å². The van der Waals surface area contributed by atoms with Crippen molar-refractivity contribution in [1.29, 1.82) is 0 Å². The minimum atomic E-state index is -3.72. The highest BCUT2D eigenvalue weighted by Crippen LogP contribution is 2.17. The number of likely N-dealkylation sites (N-methyl/N-ethyl adjacent to an activating group) is 1. The molecule has 0 saturated heterocycles. The number of ether oxygens (including phenoxy) is 1. The Bertz CT molecular complexity index is 1120. The number of carbonyl (C=O) groups is 1. The van der Waals surface area contributed by atoms with Crippen LogP contribution in [0.15, 0.2) is 64.9 Å². The van der Waals surface area contributed by atoms with Crippen molar-refractivity contribution in [2.24, 2.45) is 0 Å². The minimum absolute atomic E-state index is 0.0646. The minimum Gasteiger partial charge on any atom is -0.492 e. The first-order valence-electron chi connectivity index (χ1n) is 9.83. The van der Waals surface area contributed by atoms with Crippen LogP contribution in [0.5, 0.6) is 5.75 Å². The predicted molar refractivity (Wildman–Crippen MR) is 123 cm³/mol. The summed E-state index contributed by atoms with van der Waals surface area (Å²) in [5.74, 6) is 0.502. The molecule has 1 heterocycles. The molecule has 0 unspecified atom stereocenters. The summed E-state index contributed by atoms with van der Waals surface area (Å²) in [4.78, 5) is 15.3. The molecular formula is C23H26N2O4S2. The summed E-state index contributed by atoms with van der Waals surface area (Å²) < 4.78 is 33.6. The van der Waals surface area contributed by atoms with Gasteiger partial charge in [0.15, 0.2) is 0 Å². The van der Waals surface area contributed by atoms with Crippen molar-refractivity contribution in [1.82, 2.24) is 9.62 Å². The maximum Gasteiger partial charge on any atom is 0.253 e. The van der Waals surface area contributed by atoms with Gasteiger partial charge in [0.2, 0.25) is 10.0 Å². The van der Waals surface area contributed by atoms with Gasteiger partial charge in [0, 0.05) is 24.0 Å². The fourth-order valence-corrected chi connectivity index (χ4v) is 4.89. The van der Waals surface area contributed by atoms with Gasteiger partial charge in [0.1, 0.15) is 12.4 Å². The van der Waals surface area contributed by atoms with Gasteiger partial charge in [0.05, 0.1) is 11.4 Å². The van der Waals surface area contributed by atoms with E-state index in [2.05, 4.69) is 10.8 Å². The number of sulfonamides is 1. The molecule has 0 aliphatic carbocycles. The summed E-state index contributed by atoms with van der Waals surface area (Å²) in [6, 6.07) is 15.8. The lowest BCUT2D eigenvalue weighted by atomic mass is 10.1. The molecule has 0 fully saturated rings. The van der Waals surface area contributed by atoms with Crippen molar-refractivity contribution in [3.63, 3.8) is 0 Å². The zero-order valence-corrected chi connectivity index (χ0v) is 19.4. The third-order valence-electron chi connectivity index (χ3n) is 4.65. The number of rotatable bonds is 9. The number of carbonyl (C=O) groups excluding carboxylic acids is 1. The van der Waals surface area contributed by atoms with Crippen molar-refractivity contribution in [3.05, 3.63) is 81.5 Å². The predicted octanol–water partition coefficient (Wildman–Crippen LogP) is 3.99. The second-order valence-electron chi connectivity index (χ2n) is 7.33. The molecule has 1 aromatic heterocycles. The first-order chi connectivity index (χ1) is 14.7. The fourth-order valence-electron chi connectivity index (χ4n) is 3.10. The Kier molecular flexibility index (Phi) is 7.48. The maximum atomic E-state index is 12.8. The molecule has 0 aliphatic rings. The molecule has 31 heavy (non-hydrogen) atoms. The molecule has 0 atom stereocenters. The molecule has 0 radical (unpaired) electrons. The average Bonchev–Trinajstić information content (AvgIpc) is 3.25. The van der Waals surface area contributed by atoms with Gasteiger partial charge in [-0.05, 0) is 66.8 Å². The Hall–Kier alpha value is -2.68. The highest BCUT2D eigenvalue weighted by molar-refractivity contribution is 7.89. The van der Waals surface area contributed by atoms with Crippen LogP contribution in [0.4, 0.5) is 0 Å². The van der Waals surface area contributed by atoms with E-state index in [0.29, 0.717) is 18.7 Å². The highest BCUT2D eigenvalue weighted by atomic mass is 32.2. The summed E-state index contributed by atoms with van der Waals surface area (Å²) in [7, 11) is -2.05. The lowest BCUT2D eigenvalue weighted by Gasteiger charge is -2.18. The Balaban J connectivity index is 1.60. The Labute approximate surface area is 187 Å². The smallest absolute Gasteiger partial charge is 0.253 e. The van der Waals surface area contributed by atoms with Gasteiger partial charge >= 0.3 is 0 Å². The molecule has 0 spiro atoms. The van der Waals surface area contributed by atoms with Gasteiger partial charge in [-0.2, -0.15) is 0 Å². The first kappa shape index (κ1) is 23.0. The number of hydrogen-bond donors (Lipinski definition) is 1. The van der Waals surface area contributed by atoms with E-state index in [1.807, 2.05) is 43.5 Å². The number of aryl methyl sites for hydroxylation is 2. The third kappa shape index (κ3) is 6.40. The fraction of sp³-hybridized carbons (Fsp3) is 0.261. The molecule has 0 aliphatic heterocycles. The normalized spacial score (nSPS) is 11.3. The van der Waals surface area contributed by atoms with E-state index in [1.165, 1.54) is 28.4 Å². The molecular weight excluding hydrogens is 432 g/mol. The number of hydrogen-bond acceptors (Lipinski definition) is 5. The zero-order valence-electron chi connectivity index (χ0n) is 17.8. The lowest BCUT2D eigenvalue weighted by Crippen LogP contribution is -2.31. The molecule has 1 amide bonds.